The Morgan fingerprint density at radius 3 is 1.94 bits per heavy atom. The number of allylic oxidation sites excluding steroid dienone is 2. The Labute approximate surface area is 104 Å². The second kappa shape index (κ2) is 3.09. The first kappa shape index (κ1) is 9.62. The molecular formula is C16H13P. The maximum atomic E-state index is 3.05. The summed E-state index contributed by atoms with van der Waals surface area (Å²) in [5.74, 6) is 0.449. The van der Waals surface area contributed by atoms with Crippen LogP contribution in [0.25, 0.3) is 0 Å². The Morgan fingerprint density at radius 1 is 0.824 bits per heavy atom. The maximum Gasteiger partial charge on any atom is 0.0528 e. The average Bonchev–Trinajstić information content (AvgIpc) is 2.40. The van der Waals surface area contributed by atoms with Crippen molar-refractivity contribution in [3.8, 4) is 0 Å². The summed E-state index contributed by atoms with van der Waals surface area (Å²) in [5.41, 5.74) is 5.81. The molecule has 1 heteroatoms. The molecule has 5 rings (SSSR count). The van der Waals surface area contributed by atoms with E-state index in [0.717, 1.165) is 0 Å². The van der Waals surface area contributed by atoms with Gasteiger partial charge in [0.25, 0.3) is 0 Å². The van der Waals surface area contributed by atoms with Crippen LogP contribution in [0.2, 0.25) is 0 Å². The molecule has 3 aliphatic rings. The Morgan fingerprint density at radius 2 is 1.35 bits per heavy atom. The molecule has 0 amide bonds. The third-order valence-corrected chi connectivity index (χ3v) is 4.85. The van der Waals surface area contributed by atoms with Crippen molar-refractivity contribution in [2.45, 2.75) is 11.1 Å². The smallest absolute Gasteiger partial charge is 0.0528 e. The molecule has 0 aliphatic heterocycles. The lowest BCUT2D eigenvalue weighted by Crippen LogP contribution is -2.31. The van der Waals surface area contributed by atoms with E-state index in [0.29, 0.717) is 5.92 Å². The van der Waals surface area contributed by atoms with Gasteiger partial charge in [-0.15, -0.1) is 9.24 Å². The Kier molecular flexibility index (Phi) is 1.75. The molecule has 2 aromatic carbocycles. The monoisotopic (exact) mass is 236 g/mol. The first-order valence-corrected chi connectivity index (χ1v) is 6.55. The lowest BCUT2D eigenvalue weighted by Gasteiger charge is -2.43. The standard InChI is InChI=1S/C16H13P/c17-16-10-9-11(12-5-1-3-7-14(12)16)13-6-2-4-8-15(13)16/h1-11H,17H2. The average molecular weight is 236 g/mol. The summed E-state index contributed by atoms with van der Waals surface area (Å²) in [5, 5.41) is -0.0120. The Bertz CT molecular complexity index is 592. The van der Waals surface area contributed by atoms with Gasteiger partial charge in [-0.25, -0.2) is 0 Å². The summed E-state index contributed by atoms with van der Waals surface area (Å²) in [7, 11) is 3.05. The molecule has 82 valence electrons. The fraction of sp³-hybridized carbons (Fsp3) is 0.125. The van der Waals surface area contributed by atoms with Crippen molar-refractivity contribution in [1.82, 2.24) is 0 Å². The lowest BCUT2D eigenvalue weighted by atomic mass is 9.67. The van der Waals surface area contributed by atoms with E-state index in [-0.39, 0.29) is 5.16 Å². The zero-order valence-electron chi connectivity index (χ0n) is 9.43. The molecule has 1 unspecified atom stereocenters. The van der Waals surface area contributed by atoms with E-state index < -0.39 is 0 Å². The Hall–Kier alpha value is -1.39. The first-order chi connectivity index (χ1) is 8.31. The molecule has 0 saturated heterocycles. The minimum absolute atomic E-state index is 0.0120. The fourth-order valence-electron chi connectivity index (χ4n) is 3.24. The quantitative estimate of drug-likeness (QED) is 0.482. The van der Waals surface area contributed by atoms with Crippen LogP contribution in [0.3, 0.4) is 0 Å². The van der Waals surface area contributed by atoms with E-state index in [1.807, 2.05) is 0 Å². The number of hydrogen-bond acceptors (Lipinski definition) is 0. The second-order valence-electron chi connectivity index (χ2n) is 4.88. The molecule has 0 nitrogen and oxygen atoms in total. The van der Waals surface area contributed by atoms with Crippen molar-refractivity contribution in [2.75, 3.05) is 0 Å². The van der Waals surface area contributed by atoms with Gasteiger partial charge in [0.1, 0.15) is 0 Å². The topological polar surface area (TPSA) is 0 Å². The highest BCUT2D eigenvalue weighted by atomic mass is 31.0. The van der Waals surface area contributed by atoms with Crippen molar-refractivity contribution in [2.24, 2.45) is 0 Å². The van der Waals surface area contributed by atoms with Crippen LogP contribution in [0.1, 0.15) is 28.2 Å². The Balaban J connectivity index is 2.13. The molecule has 1 atom stereocenters. The molecular weight excluding hydrogens is 223 g/mol. The van der Waals surface area contributed by atoms with Crippen molar-refractivity contribution >= 4 is 9.24 Å². The van der Waals surface area contributed by atoms with Gasteiger partial charge in [0.05, 0.1) is 5.16 Å². The maximum absolute atomic E-state index is 3.05. The molecule has 0 radical (unpaired) electrons. The number of rotatable bonds is 0. The van der Waals surface area contributed by atoms with Gasteiger partial charge in [-0.1, -0.05) is 60.7 Å². The van der Waals surface area contributed by atoms with E-state index in [9.17, 15) is 0 Å². The van der Waals surface area contributed by atoms with Crippen LogP contribution in [0.15, 0.2) is 60.7 Å². The van der Waals surface area contributed by atoms with Gasteiger partial charge < -0.3 is 0 Å². The van der Waals surface area contributed by atoms with Gasteiger partial charge in [-0.2, -0.15) is 0 Å². The highest BCUT2D eigenvalue weighted by molar-refractivity contribution is 7.19. The molecule has 2 bridgehead atoms. The second-order valence-corrected chi connectivity index (χ2v) is 5.79. The molecule has 3 aliphatic carbocycles. The summed E-state index contributed by atoms with van der Waals surface area (Å²) in [6.07, 6.45) is 4.69. The van der Waals surface area contributed by atoms with Crippen LogP contribution in [0, 0.1) is 0 Å². The number of benzene rings is 2. The van der Waals surface area contributed by atoms with Crippen LogP contribution in [-0.4, -0.2) is 0 Å². The van der Waals surface area contributed by atoms with Crippen LogP contribution in [0.5, 0.6) is 0 Å². The molecule has 0 N–H and O–H groups in total. The molecule has 0 fully saturated rings. The highest BCUT2D eigenvalue weighted by Gasteiger charge is 2.41. The van der Waals surface area contributed by atoms with Gasteiger partial charge in [-0.3, -0.25) is 0 Å². The van der Waals surface area contributed by atoms with Gasteiger partial charge >= 0.3 is 0 Å². The van der Waals surface area contributed by atoms with Crippen LogP contribution < -0.4 is 0 Å². The van der Waals surface area contributed by atoms with Crippen LogP contribution in [-0.2, 0) is 5.16 Å². The van der Waals surface area contributed by atoms with Crippen LogP contribution >= 0.6 is 9.24 Å². The van der Waals surface area contributed by atoms with Crippen molar-refractivity contribution in [3.63, 3.8) is 0 Å². The summed E-state index contributed by atoms with van der Waals surface area (Å²) in [4.78, 5) is 0. The number of hydrogen-bond donors (Lipinski definition) is 0. The molecule has 2 aromatic rings. The van der Waals surface area contributed by atoms with Crippen molar-refractivity contribution < 1.29 is 0 Å². The summed E-state index contributed by atoms with van der Waals surface area (Å²) >= 11 is 0. The molecule has 17 heavy (non-hydrogen) atoms. The largest absolute Gasteiger partial charge is 0.117 e. The van der Waals surface area contributed by atoms with Gasteiger partial charge in [-0.05, 0) is 22.3 Å². The van der Waals surface area contributed by atoms with E-state index >= 15 is 0 Å². The third kappa shape index (κ3) is 1.07. The molecule has 0 saturated carbocycles. The minimum atomic E-state index is -0.0120. The summed E-state index contributed by atoms with van der Waals surface area (Å²) in [6.45, 7) is 0. The van der Waals surface area contributed by atoms with E-state index in [1.165, 1.54) is 22.3 Å². The normalized spacial score (nSPS) is 27.7. The van der Waals surface area contributed by atoms with Gasteiger partial charge in [0.15, 0.2) is 0 Å². The van der Waals surface area contributed by atoms with Gasteiger partial charge in [0.2, 0.25) is 0 Å². The predicted octanol–water partition coefficient (Wildman–Crippen LogP) is 3.82. The van der Waals surface area contributed by atoms with E-state index in [2.05, 4.69) is 69.9 Å². The predicted molar refractivity (Wildman–Crippen MR) is 74.4 cm³/mol. The fourth-order valence-corrected chi connectivity index (χ4v) is 3.87. The van der Waals surface area contributed by atoms with Crippen molar-refractivity contribution in [3.05, 3.63) is 82.9 Å². The zero-order valence-corrected chi connectivity index (χ0v) is 10.6. The summed E-state index contributed by atoms with van der Waals surface area (Å²) in [6, 6.07) is 17.6. The first-order valence-electron chi connectivity index (χ1n) is 5.98. The van der Waals surface area contributed by atoms with E-state index in [1.54, 1.807) is 0 Å². The minimum Gasteiger partial charge on any atom is -0.117 e. The SMILES string of the molecule is PC12C=CC(c3ccccc31)c1ccccc12. The molecule has 0 aromatic heterocycles. The van der Waals surface area contributed by atoms with Gasteiger partial charge in [0, 0.05) is 5.92 Å². The molecule has 0 heterocycles. The zero-order chi connectivity index (χ0) is 11.5. The van der Waals surface area contributed by atoms with Crippen LogP contribution in [0.4, 0.5) is 0 Å². The molecule has 0 spiro atoms. The third-order valence-electron chi connectivity index (χ3n) is 4.03. The lowest BCUT2D eigenvalue weighted by molar-refractivity contribution is 0.768. The summed E-state index contributed by atoms with van der Waals surface area (Å²) < 4.78 is 0. The highest BCUT2D eigenvalue weighted by Crippen LogP contribution is 2.55. The van der Waals surface area contributed by atoms with Crippen molar-refractivity contribution in [1.29, 1.82) is 0 Å². The van der Waals surface area contributed by atoms with E-state index in [4.69, 9.17) is 0 Å².